The molecule has 28 heavy (non-hydrogen) atoms. The van der Waals surface area contributed by atoms with E-state index in [1.807, 2.05) is 6.92 Å². The van der Waals surface area contributed by atoms with Crippen molar-refractivity contribution in [2.45, 2.75) is 51.9 Å². The van der Waals surface area contributed by atoms with Crippen molar-refractivity contribution >= 4 is 17.2 Å². The zero-order valence-corrected chi connectivity index (χ0v) is 17.4. The molecule has 0 N–H and O–H groups in total. The van der Waals surface area contributed by atoms with Gasteiger partial charge in [-0.2, -0.15) is 0 Å². The summed E-state index contributed by atoms with van der Waals surface area (Å²) in [6.07, 6.45) is 11.4. The van der Waals surface area contributed by atoms with Crippen LogP contribution in [-0.4, -0.2) is 6.61 Å². The lowest BCUT2D eigenvalue weighted by molar-refractivity contribution is 0.338. The lowest BCUT2D eigenvalue weighted by Crippen LogP contribution is -2.05. The second-order valence-electron chi connectivity index (χ2n) is 7.22. The molecule has 3 heteroatoms. The molecule has 0 fully saturated rings. The fraction of sp³-hybridized carbons (Fsp3) is 0.360. The van der Waals surface area contributed by atoms with Crippen LogP contribution in [0.4, 0.5) is 4.39 Å². The average Bonchev–Trinajstić information content (AvgIpc) is 2.73. The molecule has 2 aromatic carbocycles. The van der Waals surface area contributed by atoms with Gasteiger partial charge in [-0.1, -0.05) is 54.1 Å². The van der Waals surface area contributed by atoms with E-state index in [0.717, 1.165) is 37.7 Å². The van der Waals surface area contributed by atoms with E-state index in [1.165, 1.54) is 11.1 Å². The molecule has 0 radical (unpaired) electrons. The second-order valence-corrected chi connectivity index (χ2v) is 7.60. The minimum Gasteiger partial charge on any atom is -0.492 e. The van der Waals surface area contributed by atoms with Gasteiger partial charge in [-0.25, -0.2) is 4.39 Å². The van der Waals surface area contributed by atoms with Crippen molar-refractivity contribution in [3.8, 4) is 5.75 Å². The van der Waals surface area contributed by atoms with Gasteiger partial charge in [-0.15, -0.1) is 0 Å². The molecule has 3 rings (SSSR count). The van der Waals surface area contributed by atoms with Crippen LogP contribution in [0.1, 0.15) is 62.1 Å². The van der Waals surface area contributed by atoms with Crippen molar-refractivity contribution in [1.29, 1.82) is 0 Å². The maximum atomic E-state index is 14.7. The van der Waals surface area contributed by atoms with E-state index >= 15 is 0 Å². The minimum atomic E-state index is -0.372. The molecular weight excluding hydrogens is 371 g/mol. The number of allylic oxidation sites excluding steroid dienone is 4. The van der Waals surface area contributed by atoms with E-state index in [-0.39, 0.29) is 10.8 Å². The first kappa shape index (κ1) is 20.7. The van der Waals surface area contributed by atoms with Crippen LogP contribution >= 0.6 is 11.6 Å². The molecule has 148 valence electrons. The topological polar surface area (TPSA) is 9.23 Å². The first-order chi connectivity index (χ1) is 13.6. The molecule has 0 aliphatic heterocycles. The summed E-state index contributed by atoms with van der Waals surface area (Å²) in [5.74, 6) is 0.534. The number of hydrogen-bond donors (Lipinski definition) is 0. The summed E-state index contributed by atoms with van der Waals surface area (Å²) in [6.45, 7) is 4.39. The summed E-state index contributed by atoms with van der Waals surface area (Å²) in [6, 6.07) is 12.5. The van der Waals surface area contributed by atoms with Crippen LogP contribution in [-0.2, 0) is 6.42 Å². The van der Waals surface area contributed by atoms with Gasteiger partial charge in [-0.3, -0.25) is 0 Å². The van der Waals surface area contributed by atoms with Crippen molar-refractivity contribution in [2.75, 3.05) is 6.61 Å². The maximum absolute atomic E-state index is 14.7. The Morgan fingerprint density at radius 2 is 1.96 bits per heavy atom. The van der Waals surface area contributed by atoms with E-state index < -0.39 is 0 Å². The van der Waals surface area contributed by atoms with Crippen LogP contribution in [0.5, 0.6) is 5.75 Å². The minimum absolute atomic E-state index is 0.0795. The van der Waals surface area contributed by atoms with Crippen molar-refractivity contribution in [1.82, 2.24) is 0 Å². The summed E-state index contributed by atoms with van der Waals surface area (Å²) < 4.78 is 20.1. The highest BCUT2D eigenvalue weighted by molar-refractivity contribution is 6.32. The number of aryl methyl sites for hydroxylation is 1. The highest BCUT2D eigenvalue weighted by atomic mass is 35.5. The molecule has 0 spiro atoms. The Morgan fingerprint density at radius 1 is 1.18 bits per heavy atom. The van der Waals surface area contributed by atoms with Gasteiger partial charge >= 0.3 is 0 Å². The molecule has 1 unspecified atom stereocenters. The molecule has 1 atom stereocenters. The third-order valence-corrected chi connectivity index (χ3v) is 5.74. The average molecular weight is 399 g/mol. The number of hydrogen-bond acceptors (Lipinski definition) is 1. The predicted octanol–water partition coefficient (Wildman–Crippen LogP) is 7.74. The van der Waals surface area contributed by atoms with E-state index in [9.17, 15) is 4.39 Å². The molecule has 0 saturated carbocycles. The van der Waals surface area contributed by atoms with Crippen LogP contribution in [0.2, 0.25) is 5.02 Å². The molecular formula is C25H28ClFO. The zero-order chi connectivity index (χ0) is 19.9. The van der Waals surface area contributed by atoms with Crippen LogP contribution in [0.3, 0.4) is 0 Å². The summed E-state index contributed by atoms with van der Waals surface area (Å²) >= 11 is 6.15. The Balaban J connectivity index is 1.68. The van der Waals surface area contributed by atoms with Crippen molar-refractivity contribution in [3.05, 3.63) is 82.2 Å². The van der Waals surface area contributed by atoms with Gasteiger partial charge in [0.15, 0.2) is 5.82 Å². The van der Waals surface area contributed by atoms with Gasteiger partial charge in [0.05, 0.1) is 6.61 Å². The fourth-order valence-corrected chi connectivity index (χ4v) is 4.02. The molecule has 1 aliphatic rings. The third kappa shape index (κ3) is 4.86. The summed E-state index contributed by atoms with van der Waals surface area (Å²) in [4.78, 5) is 0. The molecule has 1 aliphatic carbocycles. The van der Waals surface area contributed by atoms with Gasteiger partial charge < -0.3 is 4.74 Å². The fourth-order valence-electron chi connectivity index (χ4n) is 3.80. The van der Waals surface area contributed by atoms with Gasteiger partial charge in [-0.05, 0) is 80.7 Å². The molecule has 0 amide bonds. The zero-order valence-electron chi connectivity index (χ0n) is 16.7. The number of rotatable bonds is 7. The quantitative estimate of drug-likeness (QED) is 0.433. The molecule has 0 saturated heterocycles. The van der Waals surface area contributed by atoms with Crippen molar-refractivity contribution in [2.24, 2.45) is 0 Å². The van der Waals surface area contributed by atoms with E-state index in [0.29, 0.717) is 23.8 Å². The molecule has 0 heterocycles. The van der Waals surface area contributed by atoms with Crippen LogP contribution in [0, 0.1) is 5.82 Å². The Kier molecular flexibility index (Phi) is 7.33. The molecule has 0 bridgehead atoms. The van der Waals surface area contributed by atoms with Gasteiger partial charge in [0, 0.05) is 5.56 Å². The largest absolute Gasteiger partial charge is 0.492 e. The van der Waals surface area contributed by atoms with E-state index in [4.69, 9.17) is 16.3 Å². The highest BCUT2D eigenvalue weighted by Gasteiger charge is 2.21. The normalized spacial score (nSPS) is 17.0. The summed E-state index contributed by atoms with van der Waals surface area (Å²) in [7, 11) is 0. The lowest BCUT2D eigenvalue weighted by atomic mass is 9.82. The molecule has 0 aromatic heterocycles. The Morgan fingerprint density at radius 3 is 2.61 bits per heavy atom. The second kappa shape index (κ2) is 9.93. The van der Waals surface area contributed by atoms with Crippen LogP contribution in [0.25, 0.3) is 5.57 Å². The van der Waals surface area contributed by atoms with Crippen molar-refractivity contribution < 1.29 is 9.13 Å². The van der Waals surface area contributed by atoms with E-state index in [1.54, 1.807) is 12.1 Å². The first-order valence-corrected chi connectivity index (χ1v) is 10.5. The number of benzene rings is 2. The number of halogens is 2. The Hall–Kier alpha value is -2.06. The highest BCUT2D eigenvalue weighted by Crippen LogP contribution is 2.39. The molecule has 2 aromatic rings. The smallest absolute Gasteiger partial charge is 0.153 e. The van der Waals surface area contributed by atoms with Crippen LogP contribution < -0.4 is 4.74 Å². The van der Waals surface area contributed by atoms with Gasteiger partial charge in [0.25, 0.3) is 0 Å². The molecule has 1 nitrogen and oxygen atoms in total. The summed E-state index contributed by atoms with van der Waals surface area (Å²) in [5.41, 5.74) is 4.39. The monoisotopic (exact) mass is 398 g/mol. The van der Waals surface area contributed by atoms with Crippen LogP contribution in [0.15, 0.2) is 54.6 Å². The standard InChI is InChI=1S/C25H28ClFO/c1-3-5-6-7-18-8-10-19(11-9-18)20-12-14-21(15-13-20)22-16-17-23(28-4-2)24(26)25(22)27/h3,5,8-11,14,16-17,20H,4,6-7,12-13,15H2,1-2H3. The Labute approximate surface area is 172 Å². The van der Waals surface area contributed by atoms with Gasteiger partial charge in [0.2, 0.25) is 0 Å². The SMILES string of the molecule is CC=CCCc1ccc(C2CC=C(c3ccc(OCC)c(Cl)c3F)CC2)cc1. The first-order valence-electron chi connectivity index (χ1n) is 10.1. The third-order valence-electron chi connectivity index (χ3n) is 5.39. The summed E-state index contributed by atoms with van der Waals surface area (Å²) in [5, 5.41) is 0.0795. The predicted molar refractivity (Wildman–Crippen MR) is 117 cm³/mol. The maximum Gasteiger partial charge on any atom is 0.153 e. The van der Waals surface area contributed by atoms with Crippen molar-refractivity contribution in [3.63, 3.8) is 0 Å². The number of ether oxygens (including phenoxy) is 1. The lowest BCUT2D eigenvalue weighted by Gasteiger charge is -2.23. The Bertz CT molecular complexity index is 852. The van der Waals surface area contributed by atoms with Gasteiger partial charge in [0.1, 0.15) is 10.8 Å². The van der Waals surface area contributed by atoms with E-state index in [2.05, 4.69) is 49.4 Å².